The summed E-state index contributed by atoms with van der Waals surface area (Å²) < 4.78 is 12.9. The molecule has 5 heteroatoms. The van der Waals surface area contributed by atoms with E-state index >= 15 is 0 Å². The predicted molar refractivity (Wildman–Crippen MR) is 122 cm³/mol. The van der Waals surface area contributed by atoms with Crippen molar-refractivity contribution in [2.24, 2.45) is 0 Å². The largest absolute Gasteiger partial charge is 0.490 e. The van der Waals surface area contributed by atoms with E-state index in [0.717, 1.165) is 28.1 Å². The first-order valence-corrected chi connectivity index (χ1v) is 10.8. The van der Waals surface area contributed by atoms with Crippen LogP contribution in [0.3, 0.4) is 0 Å². The maximum absolute atomic E-state index is 6.10. The van der Waals surface area contributed by atoms with Crippen molar-refractivity contribution in [3.8, 4) is 11.5 Å². The molecule has 3 nitrogen and oxygen atoms in total. The van der Waals surface area contributed by atoms with Crippen molar-refractivity contribution < 1.29 is 9.47 Å². The van der Waals surface area contributed by atoms with Crippen molar-refractivity contribution in [3.05, 3.63) is 57.6 Å². The van der Waals surface area contributed by atoms with Crippen LogP contribution >= 0.6 is 28.3 Å². The highest BCUT2D eigenvalue weighted by Crippen LogP contribution is 2.37. The van der Waals surface area contributed by atoms with Gasteiger partial charge in [0.15, 0.2) is 11.5 Å². The molecule has 0 radical (unpaired) electrons. The Hall–Kier alpha value is -1.23. The second kappa shape index (κ2) is 11.7. The predicted octanol–water partition coefficient (Wildman–Crippen LogP) is 6.58. The third-order valence-corrected chi connectivity index (χ3v) is 5.66. The first-order chi connectivity index (χ1) is 13.2. The van der Waals surface area contributed by atoms with Crippen molar-refractivity contribution in [2.75, 3.05) is 6.61 Å². The van der Waals surface area contributed by atoms with Gasteiger partial charge in [-0.1, -0.05) is 49.1 Å². The van der Waals surface area contributed by atoms with Crippen LogP contribution in [0.1, 0.15) is 55.7 Å². The quantitative estimate of drug-likeness (QED) is 0.474. The van der Waals surface area contributed by atoms with Crippen LogP contribution in [0.2, 0.25) is 0 Å². The Labute approximate surface area is 183 Å². The van der Waals surface area contributed by atoms with Crippen LogP contribution in [0, 0.1) is 6.92 Å². The maximum atomic E-state index is 6.10. The van der Waals surface area contributed by atoms with E-state index in [-0.39, 0.29) is 12.4 Å². The van der Waals surface area contributed by atoms with Gasteiger partial charge in [-0.2, -0.15) is 0 Å². The molecule has 1 aliphatic carbocycles. The summed E-state index contributed by atoms with van der Waals surface area (Å²) in [4.78, 5) is 0. The van der Waals surface area contributed by atoms with Gasteiger partial charge >= 0.3 is 0 Å². The molecule has 1 aliphatic rings. The molecule has 2 aromatic carbocycles. The maximum Gasteiger partial charge on any atom is 0.175 e. The molecule has 154 valence electrons. The van der Waals surface area contributed by atoms with Gasteiger partial charge in [0.05, 0.1) is 11.1 Å². The lowest BCUT2D eigenvalue weighted by atomic mass is 9.95. The lowest BCUT2D eigenvalue weighted by molar-refractivity contribution is 0.267. The van der Waals surface area contributed by atoms with E-state index in [9.17, 15) is 0 Å². The zero-order chi connectivity index (χ0) is 19.1. The minimum absolute atomic E-state index is 0. The van der Waals surface area contributed by atoms with Gasteiger partial charge in [-0.05, 0) is 65.9 Å². The fraction of sp³-hybridized carbons (Fsp3) is 0.478. The topological polar surface area (TPSA) is 30.5 Å². The number of rotatable bonds is 8. The van der Waals surface area contributed by atoms with Gasteiger partial charge in [0, 0.05) is 12.6 Å². The van der Waals surface area contributed by atoms with Gasteiger partial charge < -0.3 is 14.8 Å². The van der Waals surface area contributed by atoms with Gasteiger partial charge in [-0.25, -0.2) is 0 Å². The minimum atomic E-state index is 0. The normalized spacial score (nSPS) is 14.4. The highest BCUT2D eigenvalue weighted by Gasteiger charge is 2.15. The van der Waals surface area contributed by atoms with Crippen LogP contribution < -0.4 is 14.8 Å². The van der Waals surface area contributed by atoms with E-state index < -0.39 is 0 Å². The van der Waals surface area contributed by atoms with E-state index in [1.54, 1.807) is 0 Å². The number of hydrogen-bond donors (Lipinski definition) is 1. The molecule has 0 amide bonds. The molecule has 0 saturated heterocycles. The average molecular weight is 469 g/mol. The molecular weight excluding hydrogens is 438 g/mol. The van der Waals surface area contributed by atoms with Gasteiger partial charge in [-0.15, -0.1) is 12.4 Å². The van der Waals surface area contributed by atoms with Gasteiger partial charge in [0.2, 0.25) is 0 Å². The SMILES string of the molecule is CCOc1cc(CNC2CCCCC2)cc(Br)c1OCc1ccc(C)cc1.Cl. The van der Waals surface area contributed by atoms with Crippen LogP contribution in [0.15, 0.2) is 40.9 Å². The Morgan fingerprint density at radius 2 is 1.71 bits per heavy atom. The summed E-state index contributed by atoms with van der Waals surface area (Å²) in [5, 5.41) is 3.70. The number of hydrogen-bond acceptors (Lipinski definition) is 3. The van der Waals surface area contributed by atoms with E-state index in [2.05, 4.69) is 64.6 Å². The van der Waals surface area contributed by atoms with E-state index in [4.69, 9.17) is 9.47 Å². The van der Waals surface area contributed by atoms with Crippen LogP contribution in [-0.2, 0) is 13.2 Å². The third-order valence-electron chi connectivity index (χ3n) is 5.07. The van der Waals surface area contributed by atoms with Crippen LogP contribution in [0.4, 0.5) is 0 Å². The molecule has 28 heavy (non-hydrogen) atoms. The summed E-state index contributed by atoms with van der Waals surface area (Å²) in [5.74, 6) is 1.58. The smallest absolute Gasteiger partial charge is 0.175 e. The summed E-state index contributed by atoms with van der Waals surface area (Å²) in [6.07, 6.45) is 6.65. The number of halogens is 2. The molecule has 0 aromatic heterocycles. The number of benzene rings is 2. The first-order valence-electron chi connectivity index (χ1n) is 10.0. The summed E-state index contributed by atoms with van der Waals surface area (Å²) in [5.41, 5.74) is 3.63. The number of nitrogens with one attached hydrogen (secondary N) is 1. The van der Waals surface area contributed by atoms with Gasteiger partial charge in [-0.3, -0.25) is 0 Å². The number of aryl methyl sites for hydroxylation is 1. The molecule has 0 heterocycles. The van der Waals surface area contributed by atoms with Crippen molar-refractivity contribution in [1.29, 1.82) is 0 Å². The molecule has 0 bridgehead atoms. The number of ether oxygens (including phenoxy) is 2. The van der Waals surface area contributed by atoms with Gasteiger partial charge in [0.1, 0.15) is 6.61 Å². The Bertz CT molecular complexity index is 730. The molecular formula is C23H31BrClNO2. The Balaban J connectivity index is 0.00000280. The Morgan fingerprint density at radius 1 is 1.00 bits per heavy atom. The molecule has 1 saturated carbocycles. The molecule has 1 fully saturated rings. The van der Waals surface area contributed by atoms with Crippen molar-refractivity contribution in [1.82, 2.24) is 5.32 Å². The zero-order valence-corrected chi connectivity index (χ0v) is 19.2. The highest BCUT2D eigenvalue weighted by atomic mass is 79.9. The van der Waals surface area contributed by atoms with E-state index in [1.807, 2.05) is 6.92 Å². The van der Waals surface area contributed by atoms with E-state index in [0.29, 0.717) is 19.3 Å². The average Bonchev–Trinajstić information content (AvgIpc) is 2.68. The first kappa shape index (κ1) is 23.1. The van der Waals surface area contributed by atoms with Crippen molar-refractivity contribution in [2.45, 2.75) is 65.1 Å². The summed E-state index contributed by atoms with van der Waals surface area (Å²) in [6.45, 7) is 6.10. The molecule has 0 spiro atoms. The second-order valence-electron chi connectivity index (χ2n) is 7.33. The zero-order valence-electron chi connectivity index (χ0n) is 16.8. The van der Waals surface area contributed by atoms with Gasteiger partial charge in [0.25, 0.3) is 0 Å². The summed E-state index contributed by atoms with van der Waals surface area (Å²) >= 11 is 3.69. The molecule has 1 N–H and O–H groups in total. The van der Waals surface area contributed by atoms with Crippen molar-refractivity contribution >= 4 is 28.3 Å². The monoisotopic (exact) mass is 467 g/mol. The van der Waals surface area contributed by atoms with Crippen molar-refractivity contribution in [3.63, 3.8) is 0 Å². The molecule has 3 rings (SSSR count). The van der Waals surface area contributed by atoms with E-state index in [1.165, 1.54) is 43.2 Å². The Kier molecular flexibility index (Phi) is 9.63. The standard InChI is InChI=1S/C23H30BrNO2.ClH/c1-3-26-22-14-19(15-25-20-7-5-4-6-8-20)13-21(24)23(22)27-16-18-11-9-17(2)10-12-18;/h9-14,20,25H,3-8,15-16H2,1-2H3;1H. The van der Waals surface area contributed by atoms with Crippen LogP contribution in [0.25, 0.3) is 0 Å². The highest BCUT2D eigenvalue weighted by molar-refractivity contribution is 9.10. The third kappa shape index (κ3) is 6.68. The molecule has 0 aliphatic heterocycles. The fourth-order valence-electron chi connectivity index (χ4n) is 3.54. The minimum Gasteiger partial charge on any atom is -0.490 e. The molecule has 0 atom stereocenters. The fourth-order valence-corrected chi connectivity index (χ4v) is 4.14. The second-order valence-corrected chi connectivity index (χ2v) is 8.18. The van der Waals surface area contributed by atoms with Crippen LogP contribution in [0.5, 0.6) is 11.5 Å². The Morgan fingerprint density at radius 3 is 2.39 bits per heavy atom. The van der Waals surface area contributed by atoms with Crippen LogP contribution in [-0.4, -0.2) is 12.6 Å². The lowest BCUT2D eigenvalue weighted by Gasteiger charge is -2.23. The molecule has 0 unspecified atom stereocenters. The molecule has 2 aromatic rings. The lowest BCUT2D eigenvalue weighted by Crippen LogP contribution is -2.30. The summed E-state index contributed by atoms with van der Waals surface area (Å²) in [6, 6.07) is 13.3. The summed E-state index contributed by atoms with van der Waals surface area (Å²) in [7, 11) is 0.